The fourth-order valence-corrected chi connectivity index (χ4v) is 2.93. The van der Waals surface area contributed by atoms with E-state index >= 15 is 0 Å². The normalized spacial score (nSPS) is 13.5. The van der Waals surface area contributed by atoms with E-state index in [1.807, 2.05) is 13.8 Å². The van der Waals surface area contributed by atoms with Gasteiger partial charge in [0, 0.05) is 6.42 Å². The zero-order valence-electron chi connectivity index (χ0n) is 18.0. The SMILES string of the molecule is CC(C)CC(NC(=O)C(Cc1ccccc1)NC(=O)C(CC(=O)O)NC(=O)CN)C(=O)O. The smallest absolute Gasteiger partial charge is 0.326 e. The number of carboxylic acid groups (broad SMARTS) is 2. The van der Waals surface area contributed by atoms with E-state index in [0.29, 0.717) is 5.56 Å². The summed E-state index contributed by atoms with van der Waals surface area (Å²) in [4.78, 5) is 59.8. The van der Waals surface area contributed by atoms with Crippen LogP contribution in [0.3, 0.4) is 0 Å². The van der Waals surface area contributed by atoms with Crippen LogP contribution in [0.25, 0.3) is 0 Å². The molecule has 3 amide bonds. The van der Waals surface area contributed by atoms with E-state index in [9.17, 15) is 29.1 Å². The van der Waals surface area contributed by atoms with Crippen molar-refractivity contribution in [3.63, 3.8) is 0 Å². The molecule has 0 aliphatic heterocycles. The predicted octanol–water partition coefficient (Wildman–Crippen LogP) is -0.752. The Balaban J connectivity index is 3.09. The van der Waals surface area contributed by atoms with E-state index in [1.165, 1.54) is 0 Å². The van der Waals surface area contributed by atoms with E-state index in [1.54, 1.807) is 30.3 Å². The van der Waals surface area contributed by atoms with Crippen LogP contribution in [-0.2, 0) is 30.4 Å². The third-order valence-corrected chi connectivity index (χ3v) is 4.45. The van der Waals surface area contributed by atoms with Gasteiger partial charge in [0.15, 0.2) is 0 Å². The molecule has 3 unspecified atom stereocenters. The molecule has 32 heavy (non-hydrogen) atoms. The molecule has 176 valence electrons. The van der Waals surface area contributed by atoms with Gasteiger partial charge in [-0.15, -0.1) is 0 Å². The molecule has 0 heterocycles. The van der Waals surface area contributed by atoms with Gasteiger partial charge in [0.25, 0.3) is 0 Å². The predicted molar refractivity (Wildman–Crippen MR) is 114 cm³/mol. The number of benzene rings is 1. The average molecular weight is 450 g/mol. The number of carboxylic acids is 2. The number of hydrogen-bond donors (Lipinski definition) is 6. The molecule has 0 aliphatic rings. The summed E-state index contributed by atoms with van der Waals surface area (Å²) in [6, 6.07) is 4.86. The van der Waals surface area contributed by atoms with Gasteiger partial charge in [0.05, 0.1) is 13.0 Å². The van der Waals surface area contributed by atoms with E-state index in [2.05, 4.69) is 16.0 Å². The Hall–Kier alpha value is -3.47. The van der Waals surface area contributed by atoms with Gasteiger partial charge < -0.3 is 31.9 Å². The second kappa shape index (κ2) is 13.1. The van der Waals surface area contributed by atoms with Crippen molar-refractivity contribution in [2.24, 2.45) is 11.7 Å². The average Bonchev–Trinajstić information content (AvgIpc) is 2.72. The van der Waals surface area contributed by atoms with Crippen LogP contribution in [0, 0.1) is 5.92 Å². The summed E-state index contributed by atoms with van der Waals surface area (Å²) in [5.74, 6) is -4.94. The minimum absolute atomic E-state index is 0.00927. The number of nitrogens with one attached hydrogen (secondary N) is 3. The van der Waals surface area contributed by atoms with Gasteiger partial charge in [-0.1, -0.05) is 44.2 Å². The molecule has 7 N–H and O–H groups in total. The summed E-state index contributed by atoms with van der Waals surface area (Å²) in [5.41, 5.74) is 5.90. The fraction of sp³-hybridized carbons (Fsp3) is 0.476. The molecule has 3 atom stereocenters. The number of amides is 3. The lowest BCUT2D eigenvalue weighted by atomic mass is 10.0. The number of aliphatic carboxylic acids is 2. The Labute approximate surface area is 185 Å². The first-order chi connectivity index (χ1) is 15.0. The molecule has 1 aromatic rings. The zero-order valence-corrected chi connectivity index (χ0v) is 18.0. The van der Waals surface area contributed by atoms with E-state index in [-0.39, 0.29) is 18.8 Å². The summed E-state index contributed by atoms with van der Waals surface area (Å²) in [5, 5.41) is 25.5. The standard InChI is InChI=1S/C21H30N4O7/c1-12(2)8-16(21(31)32)25-19(29)14(9-13-6-4-3-5-7-13)24-20(30)15(10-18(27)28)23-17(26)11-22/h3-7,12,14-16H,8-11,22H2,1-2H3,(H,23,26)(H,24,30)(H,25,29)(H,27,28)(H,31,32). The Morgan fingerprint density at radius 1 is 0.875 bits per heavy atom. The number of carbonyl (C=O) groups excluding carboxylic acids is 3. The molecule has 0 fully saturated rings. The Kier molecular flexibility index (Phi) is 10.8. The molecule has 1 aromatic carbocycles. The third-order valence-electron chi connectivity index (χ3n) is 4.45. The van der Waals surface area contributed by atoms with Gasteiger partial charge in [-0.3, -0.25) is 19.2 Å². The Bertz CT molecular complexity index is 814. The highest BCUT2D eigenvalue weighted by atomic mass is 16.4. The van der Waals surface area contributed by atoms with Crippen LogP contribution in [0.2, 0.25) is 0 Å². The van der Waals surface area contributed by atoms with Crippen LogP contribution < -0.4 is 21.7 Å². The van der Waals surface area contributed by atoms with Gasteiger partial charge in [0.1, 0.15) is 18.1 Å². The molecule has 0 aromatic heterocycles. The van der Waals surface area contributed by atoms with Gasteiger partial charge in [-0.2, -0.15) is 0 Å². The first-order valence-corrected chi connectivity index (χ1v) is 10.1. The maximum Gasteiger partial charge on any atom is 0.326 e. The van der Waals surface area contributed by atoms with E-state index < -0.39 is 60.8 Å². The maximum atomic E-state index is 12.9. The first kappa shape index (κ1) is 26.6. The molecule has 0 saturated carbocycles. The minimum Gasteiger partial charge on any atom is -0.481 e. The summed E-state index contributed by atoms with van der Waals surface area (Å²) in [7, 11) is 0. The van der Waals surface area contributed by atoms with Crippen molar-refractivity contribution in [3.8, 4) is 0 Å². The zero-order chi connectivity index (χ0) is 24.3. The van der Waals surface area contributed by atoms with Crippen LogP contribution in [0.1, 0.15) is 32.3 Å². The van der Waals surface area contributed by atoms with Crippen molar-refractivity contribution < 1.29 is 34.2 Å². The molecule has 0 radical (unpaired) electrons. The molecule has 0 spiro atoms. The van der Waals surface area contributed by atoms with Crippen molar-refractivity contribution in [3.05, 3.63) is 35.9 Å². The van der Waals surface area contributed by atoms with Crippen LogP contribution in [0.4, 0.5) is 0 Å². The quantitative estimate of drug-likeness (QED) is 0.226. The summed E-state index contributed by atoms with van der Waals surface area (Å²) in [6.07, 6.45) is -0.513. The fourth-order valence-electron chi connectivity index (χ4n) is 2.93. The lowest BCUT2D eigenvalue weighted by Crippen LogP contribution is -2.57. The largest absolute Gasteiger partial charge is 0.481 e. The Morgan fingerprint density at radius 2 is 1.44 bits per heavy atom. The van der Waals surface area contributed by atoms with Gasteiger partial charge >= 0.3 is 11.9 Å². The third kappa shape index (κ3) is 9.56. The Morgan fingerprint density at radius 3 is 1.94 bits per heavy atom. The number of nitrogens with two attached hydrogens (primary N) is 1. The van der Waals surface area contributed by atoms with Gasteiger partial charge in [0.2, 0.25) is 17.7 Å². The highest BCUT2D eigenvalue weighted by Gasteiger charge is 2.30. The second-order valence-electron chi connectivity index (χ2n) is 7.70. The molecule has 0 bridgehead atoms. The monoisotopic (exact) mass is 450 g/mol. The topological polar surface area (TPSA) is 188 Å². The number of hydrogen-bond acceptors (Lipinski definition) is 6. The molecule has 0 saturated heterocycles. The first-order valence-electron chi connectivity index (χ1n) is 10.1. The van der Waals surface area contributed by atoms with Crippen molar-refractivity contribution in [1.29, 1.82) is 0 Å². The van der Waals surface area contributed by atoms with Crippen molar-refractivity contribution >= 4 is 29.7 Å². The lowest BCUT2D eigenvalue weighted by molar-refractivity contribution is -0.143. The lowest BCUT2D eigenvalue weighted by Gasteiger charge is -2.24. The van der Waals surface area contributed by atoms with Crippen LogP contribution in [0.15, 0.2) is 30.3 Å². The van der Waals surface area contributed by atoms with E-state index in [0.717, 1.165) is 0 Å². The number of carbonyl (C=O) groups is 5. The molecule has 0 aliphatic carbocycles. The number of rotatable bonds is 13. The highest BCUT2D eigenvalue weighted by molar-refractivity contribution is 5.95. The molecule has 1 rings (SSSR count). The molecule has 11 heteroatoms. The van der Waals surface area contributed by atoms with Gasteiger partial charge in [-0.05, 0) is 17.9 Å². The van der Waals surface area contributed by atoms with Crippen molar-refractivity contribution in [2.45, 2.75) is 51.2 Å². The summed E-state index contributed by atoms with van der Waals surface area (Å²) in [6.45, 7) is 3.16. The molecular weight excluding hydrogens is 420 g/mol. The van der Waals surface area contributed by atoms with Crippen molar-refractivity contribution in [2.75, 3.05) is 6.54 Å². The second-order valence-corrected chi connectivity index (χ2v) is 7.70. The minimum atomic E-state index is -1.46. The highest BCUT2D eigenvalue weighted by Crippen LogP contribution is 2.08. The summed E-state index contributed by atoms with van der Waals surface area (Å²) < 4.78 is 0. The van der Waals surface area contributed by atoms with Gasteiger partial charge in [-0.25, -0.2) is 4.79 Å². The van der Waals surface area contributed by atoms with Crippen LogP contribution >= 0.6 is 0 Å². The van der Waals surface area contributed by atoms with E-state index in [4.69, 9.17) is 10.8 Å². The maximum absolute atomic E-state index is 12.9. The molecule has 11 nitrogen and oxygen atoms in total. The summed E-state index contributed by atoms with van der Waals surface area (Å²) >= 11 is 0. The van der Waals surface area contributed by atoms with Crippen LogP contribution in [0.5, 0.6) is 0 Å². The van der Waals surface area contributed by atoms with Crippen LogP contribution in [-0.4, -0.2) is 64.5 Å². The molecular formula is C21H30N4O7. The van der Waals surface area contributed by atoms with Crippen molar-refractivity contribution in [1.82, 2.24) is 16.0 Å².